The monoisotopic (exact) mass is 442 g/mol. The van der Waals surface area contributed by atoms with E-state index < -0.39 is 0 Å². The number of hydrogen-bond acceptors (Lipinski definition) is 5. The maximum absolute atomic E-state index is 6.69. The Hall–Kier alpha value is -1.14. The molecular weight excluding hydrogens is 400 g/mol. The van der Waals surface area contributed by atoms with Gasteiger partial charge in [-0.05, 0) is 80.6 Å². The van der Waals surface area contributed by atoms with E-state index in [2.05, 4.69) is 26.0 Å². The van der Waals surface area contributed by atoms with E-state index in [-0.39, 0.29) is 11.0 Å². The molecule has 1 aromatic rings. The molecule has 0 saturated heterocycles. The SMILES string of the molecule is C[C@]12CCC(OCCN)CC1=CC[C@@H]1[C@H]2CC[C@@]2(C)[C@H]1CCC2(OCCN)c1ccoc1. The number of nitrogens with two attached hydrogens (primary N) is 2. The van der Waals surface area contributed by atoms with Crippen LogP contribution < -0.4 is 11.5 Å². The molecule has 32 heavy (non-hydrogen) atoms. The van der Waals surface area contributed by atoms with Crippen LogP contribution in [-0.2, 0) is 15.1 Å². The van der Waals surface area contributed by atoms with Crippen LogP contribution in [0.4, 0.5) is 0 Å². The van der Waals surface area contributed by atoms with Gasteiger partial charge in [0.15, 0.2) is 0 Å². The van der Waals surface area contributed by atoms with Gasteiger partial charge in [0.2, 0.25) is 0 Å². The third-order valence-electron chi connectivity index (χ3n) is 10.1. The van der Waals surface area contributed by atoms with Gasteiger partial charge in [-0.15, -0.1) is 0 Å². The summed E-state index contributed by atoms with van der Waals surface area (Å²) in [6.45, 7) is 7.52. The predicted molar refractivity (Wildman–Crippen MR) is 126 cm³/mol. The number of rotatable bonds is 7. The first-order valence-electron chi connectivity index (χ1n) is 12.9. The van der Waals surface area contributed by atoms with Crippen molar-refractivity contribution in [3.63, 3.8) is 0 Å². The van der Waals surface area contributed by atoms with Gasteiger partial charge in [-0.1, -0.05) is 25.5 Å². The lowest BCUT2D eigenvalue weighted by molar-refractivity contribution is -0.162. The summed E-state index contributed by atoms with van der Waals surface area (Å²) >= 11 is 0. The van der Waals surface area contributed by atoms with Crippen LogP contribution in [0.25, 0.3) is 0 Å². The van der Waals surface area contributed by atoms with Crippen molar-refractivity contribution >= 4 is 0 Å². The van der Waals surface area contributed by atoms with Crippen LogP contribution in [-0.4, -0.2) is 32.4 Å². The number of allylic oxidation sites excluding steroid dienone is 1. The molecule has 4 aliphatic rings. The molecule has 1 heterocycles. The molecule has 4 aliphatic carbocycles. The highest BCUT2D eigenvalue weighted by Crippen LogP contribution is 2.70. The third kappa shape index (κ3) is 3.26. The molecule has 5 heteroatoms. The van der Waals surface area contributed by atoms with Crippen LogP contribution in [0.2, 0.25) is 0 Å². The topological polar surface area (TPSA) is 83.6 Å². The molecule has 3 fully saturated rings. The summed E-state index contributed by atoms with van der Waals surface area (Å²) < 4.78 is 18.3. The standard InChI is InChI=1S/C27H42N2O3/c1-25-9-5-21(31-15-12-28)17-19(25)3-4-22-23(25)6-10-26(2)24(22)7-11-27(26,32-16-13-29)20-8-14-30-18-20/h3,8,14,18,21-24H,4-7,9-13,15-17,28-29H2,1-2H3/t21?,22-,23-,24+,25+,26+,27?/m1/s1. The van der Waals surface area contributed by atoms with Gasteiger partial charge in [-0.2, -0.15) is 0 Å². The minimum Gasteiger partial charge on any atom is -0.472 e. The zero-order chi connectivity index (χ0) is 22.4. The summed E-state index contributed by atoms with van der Waals surface area (Å²) in [6, 6.07) is 2.12. The lowest BCUT2D eigenvalue weighted by atomic mass is 9.46. The fraction of sp³-hybridized carbons (Fsp3) is 0.778. The van der Waals surface area contributed by atoms with Crippen molar-refractivity contribution in [3.05, 3.63) is 35.8 Å². The van der Waals surface area contributed by atoms with Gasteiger partial charge in [0.1, 0.15) is 5.60 Å². The molecule has 0 aromatic carbocycles. The first kappa shape index (κ1) is 22.6. The van der Waals surface area contributed by atoms with Crippen LogP contribution in [0.15, 0.2) is 34.7 Å². The fourth-order valence-corrected chi connectivity index (χ4v) is 8.52. The molecule has 5 nitrogen and oxygen atoms in total. The van der Waals surface area contributed by atoms with E-state index in [4.69, 9.17) is 25.4 Å². The molecule has 2 unspecified atom stereocenters. The smallest absolute Gasteiger partial charge is 0.102 e. The highest BCUT2D eigenvalue weighted by atomic mass is 16.5. The van der Waals surface area contributed by atoms with Crippen LogP contribution in [0, 0.1) is 28.6 Å². The number of hydrogen-bond donors (Lipinski definition) is 2. The molecule has 0 bridgehead atoms. The first-order chi connectivity index (χ1) is 15.5. The molecule has 0 aliphatic heterocycles. The van der Waals surface area contributed by atoms with Crippen molar-refractivity contribution in [2.45, 2.75) is 76.9 Å². The number of fused-ring (bicyclic) bond motifs is 5. The van der Waals surface area contributed by atoms with E-state index in [0.29, 0.717) is 43.7 Å². The molecule has 7 atom stereocenters. The highest BCUT2D eigenvalue weighted by molar-refractivity contribution is 5.30. The van der Waals surface area contributed by atoms with Crippen molar-refractivity contribution in [2.75, 3.05) is 26.3 Å². The summed E-state index contributed by atoms with van der Waals surface area (Å²) in [5, 5.41) is 0. The van der Waals surface area contributed by atoms with E-state index in [9.17, 15) is 0 Å². The predicted octanol–water partition coefficient (Wildman–Crippen LogP) is 4.76. The molecule has 0 radical (unpaired) electrons. The van der Waals surface area contributed by atoms with Gasteiger partial charge >= 0.3 is 0 Å². The van der Waals surface area contributed by atoms with Crippen molar-refractivity contribution in [2.24, 2.45) is 40.1 Å². The van der Waals surface area contributed by atoms with Crippen molar-refractivity contribution in [1.29, 1.82) is 0 Å². The Morgan fingerprint density at radius 2 is 1.84 bits per heavy atom. The molecule has 178 valence electrons. The van der Waals surface area contributed by atoms with Gasteiger partial charge < -0.3 is 25.4 Å². The Balaban J connectivity index is 1.43. The van der Waals surface area contributed by atoms with Crippen molar-refractivity contribution in [1.82, 2.24) is 0 Å². The van der Waals surface area contributed by atoms with Gasteiger partial charge in [0.05, 0.1) is 31.8 Å². The zero-order valence-electron chi connectivity index (χ0n) is 20.0. The molecular formula is C27H42N2O3. The molecule has 1 aromatic heterocycles. The van der Waals surface area contributed by atoms with Crippen molar-refractivity contribution < 1.29 is 13.9 Å². The zero-order valence-corrected chi connectivity index (χ0v) is 20.0. The summed E-state index contributed by atoms with van der Waals surface area (Å²) in [7, 11) is 0. The largest absolute Gasteiger partial charge is 0.472 e. The first-order valence-corrected chi connectivity index (χ1v) is 12.9. The Bertz CT molecular complexity index is 823. The second-order valence-electron chi connectivity index (χ2n) is 11.3. The van der Waals surface area contributed by atoms with Gasteiger partial charge in [-0.25, -0.2) is 0 Å². The number of ether oxygens (including phenoxy) is 2. The van der Waals surface area contributed by atoms with Crippen LogP contribution in [0.3, 0.4) is 0 Å². The summed E-state index contributed by atoms with van der Waals surface area (Å²) in [5.41, 5.74) is 14.6. The molecule has 3 saturated carbocycles. The van der Waals surface area contributed by atoms with Gasteiger partial charge in [0, 0.05) is 24.1 Å². The number of furan rings is 1. The summed E-state index contributed by atoms with van der Waals surface area (Å²) in [4.78, 5) is 0. The fourth-order valence-electron chi connectivity index (χ4n) is 8.52. The minimum atomic E-state index is -0.270. The quantitative estimate of drug-likeness (QED) is 0.595. The van der Waals surface area contributed by atoms with Gasteiger partial charge in [-0.3, -0.25) is 0 Å². The summed E-state index contributed by atoms with van der Waals surface area (Å²) in [5.74, 6) is 2.18. The average molecular weight is 443 g/mol. The maximum Gasteiger partial charge on any atom is 0.102 e. The normalized spacial score (nSPS) is 43.3. The molecule has 4 N–H and O–H groups in total. The Morgan fingerprint density at radius 1 is 1.03 bits per heavy atom. The van der Waals surface area contributed by atoms with Crippen molar-refractivity contribution in [3.8, 4) is 0 Å². The van der Waals surface area contributed by atoms with E-state index in [1.807, 2.05) is 6.26 Å². The van der Waals surface area contributed by atoms with E-state index in [0.717, 1.165) is 31.1 Å². The van der Waals surface area contributed by atoms with Crippen LogP contribution in [0.1, 0.15) is 70.8 Å². The average Bonchev–Trinajstić information content (AvgIpc) is 3.43. The lowest BCUT2D eigenvalue weighted by Crippen LogP contribution is -2.54. The minimum absolute atomic E-state index is 0.121. The molecule has 0 spiro atoms. The van der Waals surface area contributed by atoms with E-state index >= 15 is 0 Å². The Morgan fingerprint density at radius 3 is 2.59 bits per heavy atom. The van der Waals surface area contributed by atoms with E-state index in [1.165, 1.54) is 37.7 Å². The molecule has 5 rings (SSSR count). The molecule has 0 amide bonds. The third-order valence-corrected chi connectivity index (χ3v) is 10.1. The van der Waals surface area contributed by atoms with Crippen LogP contribution in [0.5, 0.6) is 0 Å². The van der Waals surface area contributed by atoms with Gasteiger partial charge in [0.25, 0.3) is 0 Å². The highest BCUT2D eigenvalue weighted by Gasteiger charge is 2.65. The Kier molecular flexibility index (Phi) is 6.07. The van der Waals surface area contributed by atoms with E-state index in [1.54, 1.807) is 11.8 Å². The Labute approximate surface area is 193 Å². The summed E-state index contributed by atoms with van der Waals surface area (Å²) in [6.07, 6.45) is 16.2. The second kappa shape index (κ2) is 8.57. The van der Waals surface area contributed by atoms with Crippen LogP contribution >= 0.6 is 0 Å². The second-order valence-corrected chi connectivity index (χ2v) is 11.3. The lowest BCUT2D eigenvalue weighted by Gasteiger charge is -2.59. The maximum atomic E-state index is 6.69.